The average Bonchev–Trinajstić information content (AvgIpc) is 2.62. The SMILES string of the molecule is N#Cc1ccc(Cl)cc1N1CCC(Oc2ccnc(C(N)=O)c2)CC1. The largest absolute Gasteiger partial charge is 0.490 e. The van der Waals surface area contributed by atoms with Crippen molar-refractivity contribution in [3.63, 3.8) is 0 Å². The lowest BCUT2D eigenvalue weighted by Crippen LogP contribution is -2.38. The van der Waals surface area contributed by atoms with E-state index in [4.69, 9.17) is 22.1 Å². The van der Waals surface area contributed by atoms with Crippen molar-refractivity contribution in [1.29, 1.82) is 5.26 Å². The van der Waals surface area contributed by atoms with Crippen LogP contribution in [0, 0.1) is 11.3 Å². The topological polar surface area (TPSA) is 92.2 Å². The lowest BCUT2D eigenvalue weighted by Gasteiger charge is -2.34. The summed E-state index contributed by atoms with van der Waals surface area (Å²) in [6.45, 7) is 1.51. The van der Waals surface area contributed by atoms with Crippen LogP contribution in [0.2, 0.25) is 5.02 Å². The monoisotopic (exact) mass is 356 g/mol. The number of carbonyl (C=O) groups excluding carboxylic acids is 1. The summed E-state index contributed by atoms with van der Waals surface area (Å²) in [6, 6.07) is 10.8. The lowest BCUT2D eigenvalue weighted by molar-refractivity contribution is 0.0994. The number of amides is 1. The second-order valence-electron chi connectivity index (χ2n) is 5.82. The number of aromatic nitrogens is 1. The quantitative estimate of drug-likeness (QED) is 0.909. The zero-order valence-electron chi connectivity index (χ0n) is 13.5. The van der Waals surface area contributed by atoms with Crippen molar-refractivity contribution in [2.24, 2.45) is 5.73 Å². The van der Waals surface area contributed by atoms with Gasteiger partial charge in [0.15, 0.2) is 0 Å². The molecule has 2 N–H and O–H groups in total. The van der Waals surface area contributed by atoms with Gasteiger partial charge in [-0.05, 0) is 24.3 Å². The molecule has 1 aromatic heterocycles. The first-order valence-corrected chi connectivity index (χ1v) is 8.31. The van der Waals surface area contributed by atoms with Crippen LogP contribution in [0.4, 0.5) is 5.69 Å². The first-order valence-electron chi connectivity index (χ1n) is 7.94. The molecular formula is C18H17ClN4O2. The van der Waals surface area contributed by atoms with E-state index in [2.05, 4.69) is 16.0 Å². The van der Waals surface area contributed by atoms with Crippen LogP contribution in [0.5, 0.6) is 5.75 Å². The van der Waals surface area contributed by atoms with Crippen LogP contribution in [0.1, 0.15) is 28.9 Å². The summed E-state index contributed by atoms with van der Waals surface area (Å²) in [5, 5.41) is 9.88. The van der Waals surface area contributed by atoms with Crippen LogP contribution in [0.15, 0.2) is 36.5 Å². The number of ether oxygens (including phenoxy) is 1. The molecule has 2 aromatic rings. The summed E-state index contributed by atoms with van der Waals surface area (Å²) in [5.41, 5.74) is 6.89. The van der Waals surface area contributed by atoms with E-state index in [1.165, 1.54) is 6.20 Å². The Labute approximate surface area is 150 Å². The Hall–Kier alpha value is -2.78. The first-order chi connectivity index (χ1) is 12.1. The van der Waals surface area contributed by atoms with Gasteiger partial charge in [0.05, 0.1) is 11.3 Å². The molecule has 1 amide bonds. The van der Waals surface area contributed by atoms with Gasteiger partial charge < -0.3 is 15.4 Å². The van der Waals surface area contributed by atoms with Crippen molar-refractivity contribution in [1.82, 2.24) is 4.98 Å². The molecule has 1 fully saturated rings. The zero-order chi connectivity index (χ0) is 17.8. The molecule has 0 atom stereocenters. The van der Waals surface area contributed by atoms with Gasteiger partial charge >= 0.3 is 0 Å². The normalized spacial score (nSPS) is 14.8. The molecule has 3 rings (SSSR count). The van der Waals surface area contributed by atoms with Crippen molar-refractivity contribution in [3.05, 3.63) is 52.8 Å². The number of pyridine rings is 1. The number of nitrogens with zero attached hydrogens (tertiary/aromatic N) is 3. The van der Waals surface area contributed by atoms with Gasteiger partial charge in [-0.2, -0.15) is 5.26 Å². The number of hydrogen-bond donors (Lipinski definition) is 1. The second kappa shape index (κ2) is 7.41. The first kappa shape index (κ1) is 17.1. The fraction of sp³-hybridized carbons (Fsp3) is 0.278. The number of halogens is 1. The summed E-state index contributed by atoms with van der Waals surface area (Å²) in [7, 11) is 0. The van der Waals surface area contributed by atoms with Gasteiger partial charge in [-0.1, -0.05) is 11.6 Å². The third-order valence-electron chi connectivity index (χ3n) is 4.15. The maximum Gasteiger partial charge on any atom is 0.267 e. The van der Waals surface area contributed by atoms with Crippen LogP contribution < -0.4 is 15.4 Å². The molecule has 25 heavy (non-hydrogen) atoms. The van der Waals surface area contributed by atoms with Gasteiger partial charge in [0.25, 0.3) is 5.91 Å². The number of hydrogen-bond acceptors (Lipinski definition) is 5. The van der Waals surface area contributed by atoms with Gasteiger partial charge in [-0.3, -0.25) is 9.78 Å². The molecule has 1 aromatic carbocycles. The minimum Gasteiger partial charge on any atom is -0.490 e. The molecule has 1 aliphatic heterocycles. The Kier molecular flexibility index (Phi) is 5.05. The van der Waals surface area contributed by atoms with E-state index in [-0.39, 0.29) is 11.8 Å². The molecular weight excluding hydrogens is 340 g/mol. The molecule has 0 bridgehead atoms. The van der Waals surface area contributed by atoms with Gasteiger partial charge in [0.1, 0.15) is 23.6 Å². The summed E-state index contributed by atoms with van der Waals surface area (Å²) >= 11 is 6.06. The average molecular weight is 357 g/mol. The number of rotatable bonds is 4. The standard InChI is InChI=1S/C18H17ClN4O2/c19-13-2-1-12(11-20)17(9-13)23-7-4-14(5-8-23)25-15-3-6-22-16(10-15)18(21)24/h1-3,6,9-10,14H,4-5,7-8H2,(H2,21,24). The van der Waals surface area contributed by atoms with Crippen molar-refractivity contribution >= 4 is 23.2 Å². The number of nitriles is 1. The van der Waals surface area contributed by atoms with E-state index in [9.17, 15) is 10.1 Å². The van der Waals surface area contributed by atoms with Crippen molar-refractivity contribution in [2.45, 2.75) is 18.9 Å². The third-order valence-corrected chi connectivity index (χ3v) is 4.38. The van der Waals surface area contributed by atoms with Gasteiger partial charge in [-0.15, -0.1) is 0 Å². The lowest BCUT2D eigenvalue weighted by atomic mass is 10.1. The highest BCUT2D eigenvalue weighted by Gasteiger charge is 2.23. The molecule has 128 valence electrons. The molecule has 1 aliphatic rings. The number of piperidine rings is 1. The highest BCUT2D eigenvalue weighted by molar-refractivity contribution is 6.30. The Bertz CT molecular complexity index is 826. The summed E-state index contributed by atoms with van der Waals surface area (Å²) in [4.78, 5) is 17.2. The smallest absolute Gasteiger partial charge is 0.267 e. The van der Waals surface area contributed by atoms with E-state index >= 15 is 0 Å². The van der Waals surface area contributed by atoms with Crippen molar-refractivity contribution in [2.75, 3.05) is 18.0 Å². The van der Waals surface area contributed by atoms with Gasteiger partial charge in [-0.25, -0.2) is 0 Å². The number of nitrogens with two attached hydrogens (primary N) is 1. The summed E-state index contributed by atoms with van der Waals surface area (Å²) in [5.74, 6) is 0.00739. The molecule has 2 heterocycles. The summed E-state index contributed by atoms with van der Waals surface area (Å²) < 4.78 is 5.95. The number of primary amides is 1. The van der Waals surface area contributed by atoms with E-state index in [0.717, 1.165) is 31.6 Å². The highest BCUT2D eigenvalue weighted by Crippen LogP contribution is 2.28. The molecule has 0 radical (unpaired) electrons. The number of carbonyl (C=O) groups is 1. The van der Waals surface area contributed by atoms with E-state index in [1.807, 2.05) is 6.07 Å². The van der Waals surface area contributed by atoms with Crippen LogP contribution >= 0.6 is 11.6 Å². The fourth-order valence-corrected chi connectivity index (χ4v) is 3.05. The molecule has 1 saturated heterocycles. The number of anilines is 1. The number of benzene rings is 1. The minimum atomic E-state index is -0.578. The summed E-state index contributed by atoms with van der Waals surface area (Å²) in [6.07, 6.45) is 3.14. The van der Waals surface area contributed by atoms with Crippen LogP contribution in [-0.4, -0.2) is 30.1 Å². The molecule has 6 nitrogen and oxygen atoms in total. The van der Waals surface area contributed by atoms with Crippen molar-refractivity contribution in [3.8, 4) is 11.8 Å². The Balaban J connectivity index is 1.65. The van der Waals surface area contributed by atoms with E-state index < -0.39 is 5.91 Å². The third kappa shape index (κ3) is 4.01. The van der Waals surface area contributed by atoms with Crippen molar-refractivity contribution < 1.29 is 9.53 Å². The molecule has 7 heteroatoms. The molecule has 0 spiro atoms. The Morgan fingerprint density at radius 2 is 2.08 bits per heavy atom. The minimum absolute atomic E-state index is 0.0316. The van der Waals surface area contributed by atoms with Crippen LogP contribution in [0.25, 0.3) is 0 Å². The maximum atomic E-state index is 11.2. The Morgan fingerprint density at radius 1 is 1.32 bits per heavy atom. The maximum absolute atomic E-state index is 11.2. The molecule has 0 saturated carbocycles. The molecule has 0 aliphatic carbocycles. The van der Waals surface area contributed by atoms with E-state index in [0.29, 0.717) is 16.3 Å². The van der Waals surface area contributed by atoms with Crippen LogP contribution in [-0.2, 0) is 0 Å². The predicted molar refractivity (Wildman–Crippen MR) is 94.8 cm³/mol. The Morgan fingerprint density at radius 3 is 2.76 bits per heavy atom. The fourth-order valence-electron chi connectivity index (χ4n) is 2.89. The highest BCUT2D eigenvalue weighted by atomic mass is 35.5. The zero-order valence-corrected chi connectivity index (χ0v) is 14.2. The van der Waals surface area contributed by atoms with Crippen LogP contribution in [0.3, 0.4) is 0 Å². The predicted octanol–water partition coefficient (Wildman–Crippen LogP) is 2.75. The molecule has 0 unspecified atom stereocenters. The second-order valence-corrected chi connectivity index (χ2v) is 6.26. The van der Waals surface area contributed by atoms with Gasteiger partial charge in [0.2, 0.25) is 0 Å². The van der Waals surface area contributed by atoms with E-state index in [1.54, 1.807) is 24.3 Å². The van der Waals surface area contributed by atoms with Gasteiger partial charge in [0, 0.05) is 43.2 Å².